The van der Waals surface area contributed by atoms with Crippen molar-refractivity contribution in [3.05, 3.63) is 91.0 Å². The lowest BCUT2D eigenvalue weighted by molar-refractivity contribution is -0.130. The lowest BCUT2D eigenvalue weighted by Crippen LogP contribution is -2.33. The Hall–Kier alpha value is -5.38. The van der Waals surface area contributed by atoms with Crippen molar-refractivity contribution in [3.63, 3.8) is 0 Å². The van der Waals surface area contributed by atoms with Crippen LogP contribution in [0.25, 0.3) is 22.3 Å². The molecule has 0 spiro atoms. The van der Waals surface area contributed by atoms with Gasteiger partial charge >= 0.3 is 0 Å². The van der Waals surface area contributed by atoms with E-state index in [1.165, 1.54) is 16.7 Å². The Bertz CT molecular complexity index is 1870. The monoisotopic (exact) mass is 657 g/mol. The van der Waals surface area contributed by atoms with Crippen molar-refractivity contribution >= 4 is 40.5 Å². The molecule has 2 unspecified atom stereocenters. The van der Waals surface area contributed by atoms with Crippen molar-refractivity contribution < 1.29 is 14.4 Å². The van der Waals surface area contributed by atoms with Gasteiger partial charge in [0.15, 0.2) is 0 Å². The summed E-state index contributed by atoms with van der Waals surface area (Å²) in [5.41, 5.74) is 15.0. The molecule has 49 heavy (non-hydrogen) atoms. The molecule has 4 aromatic rings. The zero-order valence-electron chi connectivity index (χ0n) is 28.5. The van der Waals surface area contributed by atoms with Gasteiger partial charge in [0.25, 0.3) is 0 Å². The van der Waals surface area contributed by atoms with E-state index in [4.69, 9.17) is 10.7 Å². The van der Waals surface area contributed by atoms with Gasteiger partial charge in [0, 0.05) is 80.9 Å². The maximum atomic E-state index is 12.5. The number of aliphatic imine (C=N–C) groups is 1. The van der Waals surface area contributed by atoms with E-state index in [1.54, 1.807) is 23.4 Å². The van der Waals surface area contributed by atoms with Gasteiger partial charge in [0.05, 0.1) is 23.0 Å². The number of fused-ring (bicyclic) bond motifs is 1. The fraction of sp³-hybridized carbons (Fsp3) is 0.333. The summed E-state index contributed by atoms with van der Waals surface area (Å²) in [6.07, 6.45) is 8.78. The molecule has 0 saturated carbocycles. The van der Waals surface area contributed by atoms with Crippen LogP contribution in [0.1, 0.15) is 46.1 Å². The fourth-order valence-electron chi connectivity index (χ4n) is 6.68. The maximum absolute atomic E-state index is 12.5. The quantitative estimate of drug-likeness (QED) is 0.229. The van der Waals surface area contributed by atoms with E-state index in [2.05, 4.69) is 47.3 Å². The van der Waals surface area contributed by atoms with Crippen LogP contribution in [0.5, 0.6) is 0 Å². The van der Waals surface area contributed by atoms with Gasteiger partial charge in [-0.15, -0.1) is 0 Å². The molecule has 7 rings (SSSR count). The van der Waals surface area contributed by atoms with Crippen LogP contribution in [0, 0.1) is 11.8 Å². The standard InChI is InChI=1S/C20H21N3O.C19H22N4O2/c1-13(2)23-12-17(11-20(23)24)19-10-16-9-15(3-4-18(16)22-19)14-5-7-21-8-6-14;1-12(2)23-11-15(10-18(23)24)19(25)22-17-4-3-14(9-16(17)20)13-5-7-21-8-6-13/h3-9,13,17H,10-12H2,1-2H3;3-9,12,15H,10-11,20H2,1-2H3,(H,22,25). The Morgan fingerprint density at radius 2 is 1.33 bits per heavy atom. The first-order valence-corrected chi connectivity index (χ1v) is 16.9. The molecule has 0 bridgehead atoms. The number of nitrogens with zero attached hydrogens (tertiary/aromatic N) is 5. The van der Waals surface area contributed by atoms with Gasteiger partial charge in [-0.2, -0.15) is 0 Å². The van der Waals surface area contributed by atoms with Crippen molar-refractivity contribution in [1.82, 2.24) is 19.8 Å². The Labute approximate surface area is 287 Å². The second-order valence-corrected chi connectivity index (χ2v) is 13.5. The number of hydrogen-bond donors (Lipinski definition) is 2. The Morgan fingerprint density at radius 3 is 1.90 bits per heavy atom. The number of rotatable bonds is 7. The summed E-state index contributed by atoms with van der Waals surface area (Å²) in [6, 6.07) is 20.2. The van der Waals surface area contributed by atoms with Crippen LogP contribution in [0.3, 0.4) is 0 Å². The molecule has 2 atom stereocenters. The summed E-state index contributed by atoms with van der Waals surface area (Å²) in [6.45, 7) is 9.32. The Kier molecular flexibility index (Phi) is 9.85. The molecule has 3 N–H and O–H groups in total. The van der Waals surface area contributed by atoms with Gasteiger partial charge in [0.2, 0.25) is 17.7 Å². The largest absolute Gasteiger partial charge is 0.397 e. The van der Waals surface area contributed by atoms with Crippen molar-refractivity contribution in [3.8, 4) is 22.3 Å². The average molecular weight is 658 g/mol. The molecule has 2 fully saturated rings. The molecule has 0 aliphatic carbocycles. The summed E-state index contributed by atoms with van der Waals surface area (Å²) in [5, 5.41) is 2.86. The number of amides is 3. The van der Waals surface area contributed by atoms with E-state index in [0.29, 0.717) is 24.3 Å². The van der Waals surface area contributed by atoms with Crippen molar-refractivity contribution in [2.45, 2.75) is 59.0 Å². The summed E-state index contributed by atoms with van der Waals surface area (Å²) >= 11 is 0. The average Bonchev–Trinajstić information content (AvgIpc) is 3.82. The second kappa shape index (κ2) is 14.4. The molecule has 3 amide bonds. The smallest absolute Gasteiger partial charge is 0.229 e. The molecule has 0 radical (unpaired) electrons. The van der Waals surface area contributed by atoms with Crippen molar-refractivity contribution in [2.75, 3.05) is 24.1 Å². The van der Waals surface area contributed by atoms with Crippen LogP contribution >= 0.6 is 0 Å². The van der Waals surface area contributed by atoms with Gasteiger partial charge in [0.1, 0.15) is 0 Å². The number of likely N-dealkylation sites (tertiary alicyclic amines) is 2. The van der Waals surface area contributed by atoms with Crippen LogP contribution in [0.4, 0.5) is 17.1 Å². The first-order valence-electron chi connectivity index (χ1n) is 16.9. The maximum Gasteiger partial charge on any atom is 0.229 e. The van der Waals surface area contributed by atoms with E-state index in [-0.39, 0.29) is 48.1 Å². The van der Waals surface area contributed by atoms with Crippen LogP contribution in [-0.4, -0.2) is 68.4 Å². The molecule has 10 nitrogen and oxygen atoms in total. The molecular weight excluding hydrogens is 614 g/mol. The molecule has 252 valence electrons. The Morgan fingerprint density at radius 1 is 0.755 bits per heavy atom. The number of pyridine rings is 2. The lowest BCUT2D eigenvalue weighted by atomic mass is 9.96. The number of nitrogens with two attached hydrogens (primary N) is 1. The van der Waals surface area contributed by atoms with E-state index >= 15 is 0 Å². The molecule has 2 aromatic heterocycles. The van der Waals surface area contributed by atoms with E-state index in [9.17, 15) is 14.4 Å². The van der Waals surface area contributed by atoms with Gasteiger partial charge in [-0.25, -0.2) is 0 Å². The topological polar surface area (TPSA) is 134 Å². The fourth-order valence-corrected chi connectivity index (χ4v) is 6.68. The first-order chi connectivity index (χ1) is 23.6. The molecule has 2 aromatic carbocycles. The van der Waals surface area contributed by atoms with Crippen LogP contribution in [0.15, 0.2) is 90.4 Å². The molecule has 10 heteroatoms. The number of benzene rings is 2. The SMILES string of the molecule is CC(C)N1CC(C(=O)Nc2ccc(-c3ccncc3)cc2N)CC1=O.CC(C)N1CC(C2=Nc3ccc(-c4ccncc4)cc3C2)CC1=O. The highest BCUT2D eigenvalue weighted by atomic mass is 16.2. The molecular formula is C39H43N7O3. The number of nitrogens with one attached hydrogen (secondary N) is 1. The molecule has 3 aliphatic rings. The minimum atomic E-state index is -0.339. The van der Waals surface area contributed by atoms with E-state index < -0.39 is 0 Å². The second-order valence-electron chi connectivity index (χ2n) is 13.5. The molecule has 3 aliphatic heterocycles. The van der Waals surface area contributed by atoms with Crippen molar-refractivity contribution in [1.29, 1.82) is 0 Å². The summed E-state index contributed by atoms with van der Waals surface area (Å²) < 4.78 is 0. The summed E-state index contributed by atoms with van der Waals surface area (Å²) in [7, 11) is 0. The molecule has 5 heterocycles. The minimum Gasteiger partial charge on any atom is -0.397 e. The normalized spacial score (nSPS) is 18.4. The van der Waals surface area contributed by atoms with Gasteiger partial charge in [-0.1, -0.05) is 12.1 Å². The van der Waals surface area contributed by atoms with Crippen LogP contribution in [0.2, 0.25) is 0 Å². The third-order valence-corrected chi connectivity index (χ3v) is 9.46. The third kappa shape index (κ3) is 7.53. The van der Waals surface area contributed by atoms with Gasteiger partial charge < -0.3 is 20.9 Å². The highest BCUT2D eigenvalue weighted by Gasteiger charge is 2.36. The highest BCUT2D eigenvalue weighted by Crippen LogP contribution is 2.35. The van der Waals surface area contributed by atoms with Crippen LogP contribution in [-0.2, 0) is 20.8 Å². The minimum absolute atomic E-state index is 0.0242. The number of aromatic nitrogens is 2. The summed E-state index contributed by atoms with van der Waals surface area (Å²) in [5.74, 6) is 0.0352. The predicted molar refractivity (Wildman–Crippen MR) is 193 cm³/mol. The van der Waals surface area contributed by atoms with Crippen molar-refractivity contribution in [2.24, 2.45) is 16.8 Å². The van der Waals surface area contributed by atoms with Crippen LogP contribution < -0.4 is 11.1 Å². The third-order valence-electron chi connectivity index (χ3n) is 9.46. The first kappa shape index (κ1) is 33.5. The highest BCUT2D eigenvalue weighted by molar-refractivity contribution is 6.00. The lowest BCUT2D eigenvalue weighted by Gasteiger charge is -2.20. The predicted octanol–water partition coefficient (Wildman–Crippen LogP) is 6.16. The zero-order valence-corrected chi connectivity index (χ0v) is 28.5. The van der Waals surface area contributed by atoms with Gasteiger partial charge in [-0.05, 0) is 104 Å². The van der Waals surface area contributed by atoms with E-state index in [0.717, 1.165) is 35.5 Å². The zero-order chi connectivity index (χ0) is 34.7. The Balaban J connectivity index is 0.000000170. The summed E-state index contributed by atoms with van der Waals surface area (Å²) in [4.78, 5) is 53.2. The van der Waals surface area contributed by atoms with Gasteiger partial charge in [-0.3, -0.25) is 29.3 Å². The number of anilines is 2. The van der Waals surface area contributed by atoms with E-state index in [1.807, 2.05) is 67.5 Å². The number of nitrogen functional groups attached to an aromatic ring is 1. The number of carbonyl (C=O) groups is 3. The number of hydrogen-bond acceptors (Lipinski definition) is 7. The number of carbonyl (C=O) groups excluding carboxylic acids is 3. The molecule has 2 saturated heterocycles.